The van der Waals surface area contributed by atoms with Gasteiger partial charge in [-0.05, 0) is 42.3 Å². The number of thiol groups is 1. The Hall–Kier alpha value is -1.78. The molecule has 158 valence electrons. The maximum atomic E-state index is 12.9. The standard InChI is InChI=1S/C17H12Cl2F6N2OS/c18-12-2-1-9(14(19)8-12)3-4-26-15(28)27(29)13-6-10(16(20,21)22)5-11(7-13)17(23,24)25/h1-2,5-8,29H,3-4H2,(H,26,28). The first-order chi connectivity index (χ1) is 13.3. The minimum atomic E-state index is -5.04. The molecular formula is C17H12Cl2F6N2OS. The number of amides is 2. The summed E-state index contributed by atoms with van der Waals surface area (Å²) >= 11 is 15.5. The van der Waals surface area contributed by atoms with Crippen LogP contribution in [0.15, 0.2) is 36.4 Å². The van der Waals surface area contributed by atoms with Crippen LogP contribution in [0.4, 0.5) is 36.8 Å². The van der Waals surface area contributed by atoms with Gasteiger partial charge in [-0.2, -0.15) is 26.3 Å². The van der Waals surface area contributed by atoms with E-state index in [1.54, 1.807) is 12.1 Å². The molecule has 0 aliphatic rings. The van der Waals surface area contributed by atoms with Crippen LogP contribution in [0.2, 0.25) is 10.0 Å². The molecule has 2 rings (SSSR count). The van der Waals surface area contributed by atoms with Crippen molar-refractivity contribution in [2.45, 2.75) is 18.8 Å². The Bertz CT molecular complexity index is 872. The Morgan fingerprint density at radius 3 is 2.00 bits per heavy atom. The predicted molar refractivity (Wildman–Crippen MR) is 101 cm³/mol. The number of nitrogens with zero attached hydrogens (tertiary/aromatic N) is 1. The summed E-state index contributed by atoms with van der Waals surface area (Å²) in [6.45, 7) is 0.00232. The van der Waals surface area contributed by atoms with Gasteiger partial charge in [0.1, 0.15) is 0 Å². The third kappa shape index (κ3) is 6.35. The fourth-order valence-corrected chi connectivity index (χ4v) is 2.97. The first-order valence-corrected chi connectivity index (χ1v) is 8.95. The van der Waals surface area contributed by atoms with Gasteiger partial charge >= 0.3 is 18.4 Å². The molecule has 0 unspecified atom stereocenters. The molecule has 0 saturated heterocycles. The summed E-state index contributed by atoms with van der Waals surface area (Å²) in [6.07, 6.45) is -9.82. The average molecular weight is 477 g/mol. The molecule has 1 N–H and O–H groups in total. The van der Waals surface area contributed by atoms with Crippen LogP contribution in [-0.2, 0) is 18.8 Å². The molecule has 0 heterocycles. The summed E-state index contributed by atoms with van der Waals surface area (Å²) in [7, 11) is 0. The van der Waals surface area contributed by atoms with Crippen LogP contribution in [-0.4, -0.2) is 12.6 Å². The minimum Gasteiger partial charge on any atom is -0.337 e. The Labute approximate surface area is 177 Å². The molecule has 2 aromatic carbocycles. The van der Waals surface area contributed by atoms with Gasteiger partial charge < -0.3 is 5.32 Å². The number of urea groups is 1. The molecule has 0 aliphatic carbocycles. The summed E-state index contributed by atoms with van der Waals surface area (Å²) < 4.78 is 77.9. The Morgan fingerprint density at radius 2 is 1.52 bits per heavy atom. The summed E-state index contributed by atoms with van der Waals surface area (Å²) in [5, 5.41) is 3.10. The van der Waals surface area contributed by atoms with Crippen LogP contribution in [0.1, 0.15) is 16.7 Å². The van der Waals surface area contributed by atoms with E-state index in [-0.39, 0.29) is 19.0 Å². The topological polar surface area (TPSA) is 32.3 Å². The van der Waals surface area contributed by atoms with Crippen LogP contribution in [0.25, 0.3) is 0 Å². The van der Waals surface area contributed by atoms with Crippen molar-refractivity contribution < 1.29 is 31.1 Å². The number of hydrogen-bond donors (Lipinski definition) is 2. The van der Waals surface area contributed by atoms with E-state index in [0.717, 1.165) is 0 Å². The first kappa shape index (κ1) is 23.5. The highest BCUT2D eigenvalue weighted by Gasteiger charge is 2.37. The van der Waals surface area contributed by atoms with Gasteiger partial charge in [0.15, 0.2) is 0 Å². The van der Waals surface area contributed by atoms with Crippen molar-refractivity contribution in [3.63, 3.8) is 0 Å². The molecule has 3 nitrogen and oxygen atoms in total. The largest absolute Gasteiger partial charge is 0.416 e. The molecule has 0 saturated carbocycles. The number of halogens is 8. The zero-order valence-electron chi connectivity index (χ0n) is 14.2. The summed E-state index contributed by atoms with van der Waals surface area (Å²) in [5.41, 5.74) is -3.15. The zero-order valence-corrected chi connectivity index (χ0v) is 16.6. The quantitative estimate of drug-likeness (QED) is 0.376. The van der Waals surface area contributed by atoms with E-state index in [4.69, 9.17) is 23.2 Å². The van der Waals surface area contributed by atoms with Crippen molar-refractivity contribution >= 4 is 47.7 Å². The maximum Gasteiger partial charge on any atom is 0.416 e. The molecule has 12 heteroatoms. The van der Waals surface area contributed by atoms with Gasteiger partial charge in [0.2, 0.25) is 0 Å². The highest BCUT2D eigenvalue weighted by molar-refractivity contribution is 7.82. The van der Waals surface area contributed by atoms with E-state index in [9.17, 15) is 31.1 Å². The van der Waals surface area contributed by atoms with Gasteiger partial charge in [-0.3, -0.25) is 0 Å². The first-order valence-electron chi connectivity index (χ1n) is 7.79. The minimum absolute atomic E-state index is 0.00232. The number of alkyl halides is 6. The normalized spacial score (nSPS) is 12.0. The number of carbonyl (C=O) groups is 1. The van der Waals surface area contributed by atoms with Crippen LogP contribution < -0.4 is 9.62 Å². The third-order valence-electron chi connectivity index (χ3n) is 3.70. The monoisotopic (exact) mass is 476 g/mol. The highest BCUT2D eigenvalue weighted by atomic mass is 35.5. The number of carbonyl (C=O) groups excluding carboxylic acids is 1. The SMILES string of the molecule is O=C(NCCc1ccc(Cl)cc1Cl)N(S)c1cc(C(F)(F)F)cc(C(F)(F)F)c1. The van der Waals surface area contributed by atoms with Crippen molar-refractivity contribution in [3.05, 3.63) is 63.1 Å². The van der Waals surface area contributed by atoms with Gasteiger partial charge in [-0.25, -0.2) is 9.10 Å². The molecule has 29 heavy (non-hydrogen) atoms. The lowest BCUT2D eigenvalue weighted by Gasteiger charge is -2.20. The number of benzene rings is 2. The second kappa shape index (κ2) is 8.93. The number of anilines is 1. The summed E-state index contributed by atoms with van der Waals surface area (Å²) in [4.78, 5) is 12.1. The third-order valence-corrected chi connectivity index (χ3v) is 4.69. The van der Waals surface area contributed by atoms with E-state index >= 15 is 0 Å². The molecule has 0 aliphatic heterocycles. The van der Waals surface area contributed by atoms with Crippen LogP contribution in [0.5, 0.6) is 0 Å². The number of hydrogen-bond acceptors (Lipinski definition) is 2. The van der Waals surface area contributed by atoms with E-state index in [0.29, 0.717) is 32.0 Å². The zero-order chi connectivity index (χ0) is 22.0. The lowest BCUT2D eigenvalue weighted by atomic mass is 10.1. The Kier molecular flexibility index (Phi) is 7.23. The van der Waals surface area contributed by atoms with E-state index in [1.165, 1.54) is 6.07 Å². The molecular weight excluding hydrogens is 465 g/mol. The maximum absolute atomic E-state index is 12.9. The van der Waals surface area contributed by atoms with E-state index < -0.39 is 35.2 Å². The number of nitrogens with one attached hydrogen (secondary N) is 1. The van der Waals surface area contributed by atoms with E-state index in [2.05, 4.69) is 18.1 Å². The molecule has 0 fully saturated rings. The fraction of sp³-hybridized carbons (Fsp3) is 0.235. The second-order valence-corrected chi connectivity index (χ2v) is 7.04. The van der Waals surface area contributed by atoms with Gasteiger partial charge in [-0.1, -0.05) is 42.1 Å². The summed E-state index contributed by atoms with van der Waals surface area (Å²) in [6, 6.07) is 4.45. The number of rotatable bonds is 4. The average Bonchev–Trinajstić information content (AvgIpc) is 2.61. The van der Waals surface area contributed by atoms with Crippen molar-refractivity contribution in [1.82, 2.24) is 5.32 Å². The van der Waals surface area contributed by atoms with Crippen LogP contribution in [0.3, 0.4) is 0 Å². The summed E-state index contributed by atoms with van der Waals surface area (Å²) in [5.74, 6) is 0. The van der Waals surface area contributed by atoms with Crippen molar-refractivity contribution in [2.75, 3.05) is 10.8 Å². The van der Waals surface area contributed by atoms with Crippen molar-refractivity contribution in [3.8, 4) is 0 Å². The van der Waals surface area contributed by atoms with Gasteiger partial charge in [-0.15, -0.1) is 0 Å². The van der Waals surface area contributed by atoms with Crippen LogP contribution in [0, 0.1) is 0 Å². The van der Waals surface area contributed by atoms with Crippen LogP contribution >= 0.6 is 36.0 Å². The highest BCUT2D eigenvalue weighted by Crippen LogP contribution is 2.38. The van der Waals surface area contributed by atoms with Gasteiger partial charge in [0.25, 0.3) is 0 Å². The van der Waals surface area contributed by atoms with Gasteiger partial charge in [0, 0.05) is 16.6 Å². The molecule has 2 amide bonds. The van der Waals surface area contributed by atoms with Gasteiger partial charge in [0.05, 0.1) is 16.8 Å². The Morgan fingerprint density at radius 1 is 0.966 bits per heavy atom. The second-order valence-electron chi connectivity index (χ2n) is 5.79. The van der Waals surface area contributed by atoms with Crippen molar-refractivity contribution in [1.29, 1.82) is 0 Å². The van der Waals surface area contributed by atoms with E-state index in [1.807, 2.05) is 0 Å². The lowest BCUT2D eigenvalue weighted by Crippen LogP contribution is -2.35. The smallest absolute Gasteiger partial charge is 0.337 e. The predicted octanol–water partition coefficient (Wildman–Crippen LogP) is 6.63. The van der Waals surface area contributed by atoms with Crippen molar-refractivity contribution in [2.24, 2.45) is 0 Å². The molecule has 0 atom stereocenters. The fourth-order valence-electron chi connectivity index (χ4n) is 2.28. The molecule has 0 radical (unpaired) electrons. The molecule has 0 spiro atoms. The molecule has 2 aromatic rings. The molecule has 0 aromatic heterocycles. The lowest BCUT2D eigenvalue weighted by molar-refractivity contribution is -0.143. The molecule has 0 bridgehead atoms. The Balaban J connectivity index is 2.15.